The summed E-state index contributed by atoms with van der Waals surface area (Å²) in [5.74, 6) is 0.797. The molecule has 0 saturated heterocycles. The highest BCUT2D eigenvalue weighted by atomic mass is 32.1. The summed E-state index contributed by atoms with van der Waals surface area (Å²) in [6.45, 7) is 13.3. The van der Waals surface area contributed by atoms with E-state index < -0.39 is 5.97 Å². The summed E-state index contributed by atoms with van der Waals surface area (Å²) in [7, 11) is 0. The second kappa shape index (κ2) is 9.05. The maximum Gasteiger partial charge on any atom is 0.328 e. The van der Waals surface area contributed by atoms with E-state index in [4.69, 9.17) is 9.84 Å². The first kappa shape index (κ1) is 22.1. The fraction of sp³-hybridized carbons (Fsp3) is 0.346. The number of ether oxygens (including phenoxy) is 1. The highest BCUT2D eigenvalue weighted by Crippen LogP contribution is 2.44. The van der Waals surface area contributed by atoms with Crippen LogP contribution in [0.1, 0.15) is 69.4 Å². The molecule has 0 amide bonds. The van der Waals surface area contributed by atoms with Crippen molar-refractivity contribution in [1.82, 2.24) is 0 Å². The fourth-order valence-electron chi connectivity index (χ4n) is 3.67. The third kappa shape index (κ3) is 4.44. The Hall–Kier alpha value is -2.59. The van der Waals surface area contributed by atoms with Crippen LogP contribution in [0, 0.1) is 0 Å². The minimum atomic E-state index is -0.921. The van der Waals surface area contributed by atoms with E-state index >= 15 is 0 Å². The monoisotopic (exact) mass is 422 g/mol. The first-order chi connectivity index (χ1) is 14.2. The summed E-state index contributed by atoms with van der Waals surface area (Å²) in [5, 5.41) is 10.2. The Kier molecular flexibility index (Phi) is 6.67. The van der Waals surface area contributed by atoms with Gasteiger partial charge in [0, 0.05) is 26.8 Å². The molecule has 3 nitrogen and oxygen atoms in total. The molecule has 30 heavy (non-hydrogen) atoms. The van der Waals surface area contributed by atoms with Crippen LogP contribution < -0.4 is 4.74 Å². The van der Waals surface area contributed by atoms with Gasteiger partial charge >= 0.3 is 5.97 Å². The normalized spacial score (nSPS) is 12.2. The van der Waals surface area contributed by atoms with E-state index in [2.05, 4.69) is 64.1 Å². The molecule has 3 rings (SSSR count). The Labute approximate surface area is 183 Å². The third-order valence-electron chi connectivity index (χ3n) is 5.28. The first-order valence-corrected chi connectivity index (χ1v) is 11.3. The molecular formula is C26H30O3S. The third-order valence-corrected chi connectivity index (χ3v) is 6.60. The van der Waals surface area contributed by atoms with Gasteiger partial charge < -0.3 is 9.84 Å². The number of thiophene rings is 1. The number of hydrogen-bond acceptors (Lipinski definition) is 3. The number of carbonyl (C=O) groups is 1. The van der Waals surface area contributed by atoms with Crippen LogP contribution in [0.25, 0.3) is 26.8 Å². The van der Waals surface area contributed by atoms with Crippen LogP contribution in [-0.2, 0) is 4.79 Å². The Morgan fingerprint density at radius 2 is 1.83 bits per heavy atom. The van der Waals surface area contributed by atoms with Gasteiger partial charge in [0.1, 0.15) is 5.75 Å². The molecular weight excluding hydrogens is 392 g/mol. The zero-order chi connectivity index (χ0) is 22.0. The molecule has 0 aliphatic rings. The lowest BCUT2D eigenvalue weighted by atomic mass is 9.89. The van der Waals surface area contributed by atoms with E-state index in [-0.39, 0.29) is 0 Å². The summed E-state index contributed by atoms with van der Waals surface area (Å²) in [6.07, 6.45) is 1.27. The lowest BCUT2D eigenvalue weighted by Crippen LogP contribution is -2.03. The van der Waals surface area contributed by atoms with E-state index in [1.54, 1.807) is 11.3 Å². The van der Waals surface area contributed by atoms with Crippen LogP contribution in [0.5, 0.6) is 5.75 Å². The van der Waals surface area contributed by atoms with Crippen LogP contribution in [0.4, 0.5) is 0 Å². The van der Waals surface area contributed by atoms with Gasteiger partial charge in [-0.3, -0.25) is 0 Å². The Bertz CT molecular complexity index is 1100. The number of allylic oxidation sites excluding steroid dienone is 1. The largest absolute Gasteiger partial charge is 0.493 e. The minimum Gasteiger partial charge on any atom is -0.493 e. The number of fused-ring (bicyclic) bond motifs is 1. The van der Waals surface area contributed by atoms with E-state index in [0.29, 0.717) is 18.4 Å². The summed E-state index contributed by atoms with van der Waals surface area (Å²) >= 11 is 1.64. The van der Waals surface area contributed by atoms with E-state index in [1.165, 1.54) is 17.2 Å². The molecule has 0 spiro atoms. The molecule has 2 aromatic carbocycles. The molecule has 0 bridgehead atoms. The zero-order valence-corrected chi connectivity index (χ0v) is 19.4. The second-order valence-corrected chi connectivity index (χ2v) is 9.28. The maximum atomic E-state index is 11.1. The molecule has 0 fully saturated rings. The number of benzene rings is 2. The van der Waals surface area contributed by atoms with Crippen LogP contribution >= 0.6 is 11.3 Å². The van der Waals surface area contributed by atoms with Gasteiger partial charge in [-0.25, -0.2) is 4.79 Å². The lowest BCUT2D eigenvalue weighted by molar-refractivity contribution is -0.131. The number of aliphatic carboxylic acids is 1. The standard InChI is InChI=1S/C26H30O3S/c1-7-29-25-21(16(4)5)12-19(15(2)3)13-22(25)20-10-8-9-18-14-23(30-26(18)20)17(6)11-24(27)28/h8-16H,7H2,1-6H3,(H,27,28)/b17-11-. The number of carboxylic acids is 1. The minimum absolute atomic E-state index is 0.350. The quantitative estimate of drug-likeness (QED) is 0.397. The van der Waals surface area contributed by atoms with Crippen LogP contribution in [0.3, 0.4) is 0 Å². The van der Waals surface area contributed by atoms with Gasteiger partial charge in [-0.2, -0.15) is 0 Å². The molecule has 158 valence electrons. The van der Waals surface area contributed by atoms with Crippen molar-refractivity contribution in [3.05, 3.63) is 58.5 Å². The van der Waals surface area contributed by atoms with Crippen molar-refractivity contribution < 1.29 is 14.6 Å². The number of carboxylic acid groups (broad SMARTS) is 1. The van der Waals surface area contributed by atoms with Crippen molar-refractivity contribution in [1.29, 1.82) is 0 Å². The topological polar surface area (TPSA) is 46.5 Å². The van der Waals surface area contributed by atoms with Crippen molar-refractivity contribution in [2.24, 2.45) is 0 Å². The predicted molar refractivity (Wildman–Crippen MR) is 128 cm³/mol. The van der Waals surface area contributed by atoms with E-state index in [0.717, 1.165) is 37.4 Å². The van der Waals surface area contributed by atoms with Gasteiger partial charge in [0.25, 0.3) is 0 Å². The molecule has 0 aliphatic carbocycles. The Balaban J connectivity index is 2.31. The lowest BCUT2D eigenvalue weighted by Gasteiger charge is -2.21. The van der Waals surface area contributed by atoms with Gasteiger partial charge in [0.2, 0.25) is 0 Å². The predicted octanol–water partition coefficient (Wildman–Crippen LogP) is 7.70. The molecule has 0 atom stereocenters. The SMILES string of the molecule is CCOc1c(-c2cccc3cc(/C(C)=C\C(=O)O)sc23)cc(C(C)C)cc1C(C)C. The highest BCUT2D eigenvalue weighted by Gasteiger charge is 2.20. The molecule has 0 saturated carbocycles. The fourth-order valence-corrected chi connectivity index (χ4v) is 4.83. The van der Waals surface area contributed by atoms with Crippen molar-refractivity contribution in [3.63, 3.8) is 0 Å². The van der Waals surface area contributed by atoms with Gasteiger partial charge in [-0.1, -0.05) is 52.0 Å². The molecule has 1 aromatic heterocycles. The Morgan fingerprint density at radius 3 is 2.43 bits per heavy atom. The van der Waals surface area contributed by atoms with E-state index in [1.807, 2.05) is 13.8 Å². The summed E-state index contributed by atoms with van der Waals surface area (Å²) < 4.78 is 7.34. The molecule has 0 unspecified atom stereocenters. The van der Waals surface area contributed by atoms with Crippen molar-refractivity contribution >= 4 is 33.0 Å². The van der Waals surface area contributed by atoms with Crippen LogP contribution in [0.2, 0.25) is 0 Å². The molecule has 1 N–H and O–H groups in total. The van der Waals surface area contributed by atoms with Gasteiger partial charge in [0.05, 0.1) is 6.61 Å². The number of hydrogen-bond donors (Lipinski definition) is 1. The summed E-state index contributed by atoms with van der Waals surface area (Å²) in [4.78, 5) is 12.1. The molecule has 1 heterocycles. The number of rotatable bonds is 7. The summed E-state index contributed by atoms with van der Waals surface area (Å²) in [5.41, 5.74) is 5.55. The maximum absolute atomic E-state index is 11.1. The second-order valence-electron chi connectivity index (χ2n) is 8.23. The average Bonchev–Trinajstić information content (AvgIpc) is 3.12. The molecule has 0 radical (unpaired) electrons. The van der Waals surface area contributed by atoms with Crippen molar-refractivity contribution in [3.8, 4) is 16.9 Å². The van der Waals surface area contributed by atoms with Gasteiger partial charge in [-0.15, -0.1) is 11.3 Å². The summed E-state index contributed by atoms with van der Waals surface area (Å²) in [6, 6.07) is 12.9. The van der Waals surface area contributed by atoms with Crippen molar-refractivity contribution in [2.45, 2.75) is 53.4 Å². The molecule has 0 aliphatic heterocycles. The average molecular weight is 423 g/mol. The first-order valence-electron chi connectivity index (χ1n) is 10.5. The molecule has 3 aromatic rings. The van der Waals surface area contributed by atoms with Gasteiger partial charge in [-0.05, 0) is 59.9 Å². The van der Waals surface area contributed by atoms with Gasteiger partial charge in [0.15, 0.2) is 0 Å². The van der Waals surface area contributed by atoms with E-state index in [9.17, 15) is 4.79 Å². The Morgan fingerprint density at radius 1 is 1.10 bits per heavy atom. The highest BCUT2D eigenvalue weighted by molar-refractivity contribution is 7.20. The zero-order valence-electron chi connectivity index (χ0n) is 18.6. The van der Waals surface area contributed by atoms with Crippen LogP contribution in [0.15, 0.2) is 42.5 Å². The smallest absolute Gasteiger partial charge is 0.328 e. The van der Waals surface area contributed by atoms with Crippen LogP contribution in [-0.4, -0.2) is 17.7 Å². The van der Waals surface area contributed by atoms with Crippen molar-refractivity contribution in [2.75, 3.05) is 6.61 Å². The molecule has 4 heteroatoms.